The van der Waals surface area contributed by atoms with E-state index in [1.807, 2.05) is 18.2 Å². The maximum Gasteiger partial charge on any atom is 0.280 e. The van der Waals surface area contributed by atoms with Crippen LogP contribution in [-0.2, 0) is 22.5 Å². The lowest BCUT2D eigenvalue weighted by Gasteiger charge is -2.24. The number of hydrogen-bond donors (Lipinski definition) is 1. The smallest absolute Gasteiger partial charge is 0.280 e. The first kappa shape index (κ1) is 20.4. The van der Waals surface area contributed by atoms with Crippen molar-refractivity contribution in [2.75, 3.05) is 24.4 Å². The number of unbranched alkanes of at least 4 members (excludes halogenated alkanes) is 3. The van der Waals surface area contributed by atoms with E-state index in [0.29, 0.717) is 17.5 Å². The summed E-state index contributed by atoms with van der Waals surface area (Å²) in [6, 6.07) is 7.91. The maximum absolute atomic E-state index is 12.6. The zero-order valence-corrected chi connectivity index (χ0v) is 18.5. The van der Waals surface area contributed by atoms with Crippen LogP contribution in [0.3, 0.4) is 0 Å². The predicted molar refractivity (Wildman–Crippen MR) is 115 cm³/mol. The summed E-state index contributed by atoms with van der Waals surface area (Å²) in [5, 5.41) is 0.0404. The van der Waals surface area contributed by atoms with Crippen LogP contribution in [0.25, 0.3) is 0 Å². The molecule has 2 unspecified atom stereocenters. The molecule has 0 radical (unpaired) electrons. The van der Waals surface area contributed by atoms with Crippen molar-refractivity contribution in [2.24, 2.45) is 18.9 Å². The SMILES string of the molecule is CCCCCCN1CC2C(C1)C2(C)c1cccc(NS(=O)(=O)c2cn(C)cn2)c1. The zero-order chi connectivity index (χ0) is 20.6. The first-order chi connectivity index (χ1) is 13.8. The maximum atomic E-state index is 12.6. The molecule has 1 aliphatic carbocycles. The van der Waals surface area contributed by atoms with E-state index in [1.54, 1.807) is 11.6 Å². The highest BCUT2D eigenvalue weighted by Crippen LogP contribution is 2.63. The normalized spacial score (nSPS) is 26.4. The molecular weight excluding hydrogens is 384 g/mol. The molecule has 1 saturated heterocycles. The van der Waals surface area contributed by atoms with Crippen LogP contribution >= 0.6 is 0 Å². The van der Waals surface area contributed by atoms with Gasteiger partial charge < -0.3 is 9.47 Å². The molecule has 29 heavy (non-hydrogen) atoms. The molecule has 2 fully saturated rings. The Morgan fingerprint density at radius 3 is 2.62 bits per heavy atom. The Morgan fingerprint density at radius 2 is 1.97 bits per heavy atom. The average Bonchev–Trinajstić information content (AvgIpc) is 3.07. The lowest BCUT2D eigenvalue weighted by Crippen LogP contribution is -2.30. The van der Waals surface area contributed by atoms with Gasteiger partial charge in [0.15, 0.2) is 5.03 Å². The number of fused-ring (bicyclic) bond motifs is 1. The van der Waals surface area contributed by atoms with E-state index in [4.69, 9.17) is 0 Å². The molecule has 1 N–H and O–H groups in total. The Morgan fingerprint density at radius 1 is 1.21 bits per heavy atom. The topological polar surface area (TPSA) is 67.2 Å². The second-order valence-corrected chi connectivity index (χ2v) is 10.5. The summed E-state index contributed by atoms with van der Waals surface area (Å²) in [6.07, 6.45) is 8.25. The van der Waals surface area contributed by atoms with Crippen molar-refractivity contribution in [3.8, 4) is 0 Å². The molecule has 0 spiro atoms. The molecule has 0 amide bonds. The van der Waals surface area contributed by atoms with E-state index in [9.17, 15) is 8.42 Å². The quantitative estimate of drug-likeness (QED) is 0.634. The minimum atomic E-state index is -3.67. The second kappa shape index (κ2) is 7.76. The number of aryl methyl sites for hydroxylation is 1. The lowest BCUT2D eigenvalue weighted by molar-refractivity contribution is 0.271. The molecule has 158 valence electrons. The molecule has 2 aliphatic rings. The van der Waals surface area contributed by atoms with Gasteiger partial charge in [0.25, 0.3) is 10.0 Å². The number of nitrogens with one attached hydrogen (secondary N) is 1. The molecule has 0 bridgehead atoms. The highest BCUT2D eigenvalue weighted by Gasteiger charge is 2.65. The van der Waals surface area contributed by atoms with Crippen LogP contribution in [0.15, 0.2) is 41.8 Å². The van der Waals surface area contributed by atoms with Gasteiger partial charge in [0.05, 0.1) is 6.33 Å². The third kappa shape index (κ3) is 3.94. The van der Waals surface area contributed by atoms with Gasteiger partial charge in [-0.3, -0.25) is 4.72 Å². The second-order valence-electron chi connectivity index (χ2n) is 8.88. The zero-order valence-electron chi connectivity index (χ0n) is 17.6. The number of hydrogen-bond acceptors (Lipinski definition) is 4. The number of anilines is 1. The van der Waals surface area contributed by atoms with Crippen LogP contribution in [0.4, 0.5) is 5.69 Å². The van der Waals surface area contributed by atoms with Crippen molar-refractivity contribution in [3.63, 3.8) is 0 Å². The van der Waals surface area contributed by atoms with Crippen LogP contribution < -0.4 is 4.72 Å². The molecule has 1 aliphatic heterocycles. The predicted octanol–water partition coefficient (Wildman–Crippen LogP) is 3.62. The monoisotopic (exact) mass is 416 g/mol. The summed E-state index contributed by atoms with van der Waals surface area (Å²) < 4.78 is 29.5. The number of likely N-dealkylation sites (tertiary alicyclic amines) is 1. The minimum Gasteiger partial charge on any atom is -0.339 e. The Hall–Kier alpha value is -1.86. The Balaban J connectivity index is 1.40. The van der Waals surface area contributed by atoms with Gasteiger partial charge in [0.1, 0.15) is 0 Å². The number of aromatic nitrogens is 2. The van der Waals surface area contributed by atoms with Gasteiger partial charge in [-0.25, -0.2) is 4.98 Å². The van der Waals surface area contributed by atoms with Gasteiger partial charge in [-0.05, 0) is 42.5 Å². The van der Waals surface area contributed by atoms with Crippen LogP contribution in [0.1, 0.15) is 45.1 Å². The Labute approximate surface area is 174 Å². The summed E-state index contributed by atoms with van der Waals surface area (Å²) in [5.74, 6) is 1.35. The molecule has 2 aromatic rings. The molecule has 7 heteroatoms. The van der Waals surface area contributed by atoms with Crippen molar-refractivity contribution < 1.29 is 8.42 Å². The summed E-state index contributed by atoms with van der Waals surface area (Å²) in [5.41, 5.74) is 2.00. The Bertz CT molecular complexity index is 957. The van der Waals surface area contributed by atoms with Crippen LogP contribution in [-0.4, -0.2) is 42.5 Å². The van der Waals surface area contributed by atoms with E-state index < -0.39 is 10.0 Å². The molecule has 2 heterocycles. The van der Waals surface area contributed by atoms with Gasteiger partial charge in [0, 0.05) is 37.4 Å². The van der Waals surface area contributed by atoms with E-state index in [0.717, 1.165) is 13.1 Å². The van der Waals surface area contributed by atoms with Crippen LogP contribution in [0.5, 0.6) is 0 Å². The van der Waals surface area contributed by atoms with Crippen molar-refractivity contribution in [3.05, 3.63) is 42.4 Å². The molecule has 1 aromatic heterocycles. The number of piperidine rings is 1. The van der Waals surface area contributed by atoms with Gasteiger partial charge in [-0.1, -0.05) is 45.2 Å². The largest absolute Gasteiger partial charge is 0.339 e. The van der Waals surface area contributed by atoms with Gasteiger partial charge in [-0.15, -0.1) is 0 Å². The van der Waals surface area contributed by atoms with E-state index >= 15 is 0 Å². The third-order valence-corrected chi connectivity index (χ3v) is 8.11. The van der Waals surface area contributed by atoms with Crippen molar-refractivity contribution >= 4 is 15.7 Å². The molecule has 6 nitrogen and oxygen atoms in total. The fourth-order valence-corrected chi connectivity index (χ4v) is 6.02. The summed E-state index contributed by atoms with van der Waals surface area (Å²) in [4.78, 5) is 6.58. The standard InChI is InChI=1S/C22H32N4O2S/c1-4-5-6-7-11-26-13-19-20(14-26)22(19,2)17-9-8-10-18(12-17)24-29(27,28)21-15-25(3)16-23-21/h8-10,12,15-16,19-20,24H,4-7,11,13-14H2,1-3H3. The van der Waals surface area contributed by atoms with Gasteiger partial charge in [-0.2, -0.15) is 8.42 Å². The average molecular weight is 417 g/mol. The number of rotatable bonds is 9. The van der Waals surface area contributed by atoms with Crippen molar-refractivity contribution in [1.82, 2.24) is 14.5 Å². The van der Waals surface area contributed by atoms with Crippen molar-refractivity contribution in [1.29, 1.82) is 0 Å². The van der Waals surface area contributed by atoms with Crippen molar-refractivity contribution in [2.45, 2.75) is 50.0 Å². The summed E-state index contributed by atoms with van der Waals surface area (Å²) in [7, 11) is -1.91. The highest BCUT2D eigenvalue weighted by atomic mass is 32.2. The fraction of sp³-hybridized carbons (Fsp3) is 0.591. The Kier molecular flexibility index (Phi) is 5.46. The van der Waals surface area contributed by atoms with E-state index in [1.165, 1.54) is 50.3 Å². The van der Waals surface area contributed by atoms with Crippen LogP contribution in [0.2, 0.25) is 0 Å². The molecule has 1 aromatic carbocycles. The fourth-order valence-electron chi connectivity index (χ4n) is 4.99. The molecule has 4 rings (SSSR count). The molecule has 2 atom stereocenters. The highest BCUT2D eigenvalue weighted by molar-refractivity contribution is 7.92. The number of sulfonamides is 1. The number of benzene rings is 1. The summed E-state index contributed by atoms with van der Waals surface area (Å²) >= 11 is 0. The van der Waals surface area contributed by atoms with E-state index in [2.05, 4.69) is 34.5 Å². The first-order valence-electron chi connectivity index (χ1n) is 10.7. The first-order valence-corrected chi connectivity index (χ1v) is 12.2. The van der Waals surface area contributed by atoms with Crippen LogP contribution in [0, 0.1) is 11.8 Å². The number of nitrogens with zero attached hydrogens (tertiary/aromatic N) is 3. The molecular formula is C22H32N4O2S. The number of imidazole rings is 1. The third-order valence-electron chi connectivity index (χ3n) is 6.85. The van der Waals surface area contributed by atoms with Gasteiger partial charge >= 0.3 is 0 Å². The van der Waals surface area contributed by atoms with Gasteiger partial charge in [0.2, 0.25) is 0 Å². The van der Waals surface area contributed by atoms with E-state index in [-0.39, 0.29) is 10.4 Å². The summed E-state index contributed by atoms with van der Waals surface area (Å²) in [6.45, 7) is 8.13. The minimum absolute atomic E-state index is 0.0404. The lowest BCUT2D eigenvalue weighted by atomic mass is 9.92. The molecule has 1 saturated carbocycles.